The van der Waals surface area contributed by atoms with Gasteiger partial charge >= 0.3 is 5.97 Å². The number of hydrogen-bond acceptors (Lipinski definition) is 5. The monoisotopic (exact) mass is 288 g/mol. The van der Waals surface area contributed by atoms with Crippen LogP contribution < -0.4 is 0 Å². The highest BCUT2D eigenvalue weighted by molar-refractivity contribution is 8.00. The molecule has 110 valence electrons. The van der Waals surface area contributed by atoms with E-state index in [0.29, 0.717) is 23.5 Å². The second kappa shape index (κ2) is 6.46. The van der Waals surface area contributed by atoms with E-state index >= 15 is 0 Å². The Morgan fingerprint density at radius 1 is 1.42 bits per heavy atom. The summed E-state index contributed by atoms with van der Waals surface area (Å²) in [6.45, 7) is 6.58. The maximum atomic E-state index is 12.1. The van der Waals surface area contributed by atoms with Crippen molar-refractivity contribution < 1.29 is 19.4 Å². The molecule has 2 rings (SSSR count). The van der Waals surface area contributed by atoms with Gasteiger partial charge < -0.3 is 14.6 Å². The maximum Gasteiger partial charge on any atom is 0.346 e. The van der Waals surface area contributed by atoms with Gasteiger partial charge in [0.1, 0.15) is 6.10 Å². The van der Waals surface area contributed by atoms with Crippen molar-refractivity contribution in [3.8, 4) is 0 Å². The van der Waals surface area contributed by atoms with E-state index < -0.39 is 11.7 Å². The summed E-state index contributed by atoms with van der Waals surface area (Å²) in [5.41, 5.74) is -0.653. The molecule has 1 heterocycles. The molecular formula is C14H24O4S. The lowest BCUT2D eigenvalue weighted by Gasteiger charge is -2.37. The maximum absolute atomic E-state index is 12.1. The fourth-order valence-corrected chi connectivity index (χ4v) is 3.79. The Labute approximate surface area is 119 Å². The minimum absolute atomic E-state index is 0.00167. The molecule has 1 saturated heterocycles. The van der Waals surface area contributed by atoms with Crippen LogP contribution in [0.4, 0.5) is 0 Å². The molecule has 2 aliphatic rings. The van der Waals surface area contributed by atoms with Gasteiger partial charge in [-0.2, -0.15) is 0 Å². The molecule has 0 aromatic heterocycles. The molecule has 0 spiro atoms. The molecule has 4 nitrogen and oxygen atoms in total. The van der Waals surface area contributed by atoms with Crippen LogP contribution in [0.15, 0.2) is 0 Å². The summed E-state index contributed by atoms with van der Waals surface area (Å²) in [6, 6.07) is 0. The van der Waals surface area contributed by atoms with Crippen LogP contribution in [0.1, 0.15) is 40.0 Å². The number of aliphatic hydroxyl groups excluding tert-OH is 1. The number of carbonyl (C=O) groups is 1. The van der Waals surface area contributed by atoms with Crippen molar-refractivity contribution in [2.45, 2.75) is 57.9 Å². The van der Waals surface area contributed by atoms with Gasteiger partial charge in [0.2, 0.25) is 5.44 Å². The number of esters is 1. The zero-order valence-electron chi connectivity index (χ0n) is 11.9. The standard InChI is InChI=1S/C14H24O4S/c1-8(2)10-5-4-9(3)6-11(10)17-13(16)14-18-12(15)7-19-14/h8-12,14-15H,4-7H2,1-3H3/t9-,10+,11?,12-,14+/m1/s1. The predicted octanol–water partition coefficient (Wildman–Crippen LogP) is 2.40. The Morgan fingerprint density at radius 3 is 2.74 bits per heavy atom. The summed E-state index contributed by atoms with van der Waals surface area (Å²) in [6.07, 6.45) is 2.43. The zero-order chi connectivity index (χ0) is 14.0. The topological polar surface area (TPSA) is 55.8 Å². The lowest BCUT2D eigenvalue weighted by molar-refractivity contribution is -0.172. The number of rotatable bonds is 3. The van der Waals surface area contributed by atoms with Gasteiger partial charge in [0, 0.05) is 5.75 Å². The van der Waals surface area contributed by atoms with Gasteiger partial charge in [0.15, 0.2) is 6.29 Å². The molecule has 5 atom stereocenters. The predicted molar refractivity (Wildman–Crippen MR) is 74.6 cm³/mol. The van der Waals surface area contributed by atoms with Crippen LogP contribution in [0.2, 0.25) is 0 Å². The molecule has 5 heteroatoms. The summed E-state index contributed by atoms with van der Waals surface area (Å²) < 4.78 is 10.8. The minimum Gasteiger partial charge on any atom is -0.459 e. The number of hydrogen-bond donors (Lipinski definition) is 1. The zero-order valence-corrected chi connectivity index (χ0v) is 12.7. The van der Waals surface area contributed by atoms with Gasteiger partial charge in [-0.1, -0.05) is 27.2 Å². The summed E-state index contributed by atoms with van der Waals surface area (Å²) >= 11 is 1.31. The van der Waals surface area contributed by atoms with Crippen LogP contribution in [-0.2, 0) is 14.3 Å². The lowest BCUT2D eigenvalue weighted by Crippen LogP contribution is -2.38. The van der Waals surface area contributed by atoms with Crippen molar-refractivity contribution in [3.05, 3.63) is 0 Å². The Kier molecular flexibility index (Phi) is 5.15. The van der Waals surface area contributed by atoms with Gasteiger partial charge in [0.05, 0.1) is 0 Å². The van der Waals surface area contributed by atoms with Crippen LogP contribution in [0.3, 0.4) is 0 Å². The third kappa shape index (κ3) is 3.86. The summed E-state index contributed by atoms with van der Waals surface area (Å²) in [5, 5.41) is 9.29. The highest BCUT2D eigenvalue weighted by Crippen LogP contribution is 2.36. The number of thioether (sulfide) groups is 1. The first-order chi connectivity index (χ1) is 8.97. The van der Waals surface area contributed by atoms with Crippen molar-refractivity contribution in [1.82, 2.24) is 0 Å². The molecule has 1 saturated carbocycles. The molecule has 0 aromatic carbocycles. The highest BCUT2D eigenvalue weighted by atomic mass is 32.2. The van der Waals surface area contributed by atoms with Crippen molar-refractivity contribution in [3.63, 3.8) is 0 Å². The van der Waals surface area contributed by atoms with Crippen molar-refractivity contribution in [2.24, 2.45) is 17.8 Å². The van der Waals surface area contributed by atoms with Crippen LogP contribution in [-0.4, -0.2) is 34.7 Å². The van der Waals surface area contributed by atoms with Crippen LogP contribution in [0, 0.1) is 17.8 Å². The number of carbonyl (C=O) groups excluding carboxylic acids is 1. The van der Waals surface area contributed by atoms with E-state index in [1.165, 1.54) is 18.2 Å². The van der Waals surface area contributed by atoms with Gasteiger partial charge in [-0.25, -0.2) is 4.79 Å². The number of aliphatic hydroxyl groups is 1. The minimum atomic E-state index is -0.839. The Hall–Kier alpha value is -0.260. The van der Waals surface area contributed by atoms with E-state index in [0.717, 1.165) is 12.8 Å². The second-order valence-electron chi connectivity index (χ2n) is 6.06. The van der Waals surface area contributed by atoms with Crippen molar-refractivity contribution >= 4 is 17.7 Å². The fraction of sp³-hybridized carbons (Fsp3) is 0.929. The second-order valence-corrected chi connectivity index (χ2v) is 7.15. The van der Waals surface area contributed by atoms with Gasteiger partial charge in [-0.3, -0.25) is 0 Å². The first-order valence-electron chi connectivity index (χ1n) is 7.13. The molecule has 1 aliphatic heterocycles. The van der Waals surface area contributed by atoms with Crippen molar-refractivity contribution in [1.29, 1.82) is 0 Å². The van der Waals surface area contributed by atoms with Crippen LogP contribution >= 0.6 is 11.8 Å². The average molecular weight is 288 g/mol. The normalized spacial score (nSPS) is 39.5. The molecule has 0 radical (unpaired) electrons. The molecular weight excluding hydrogens is 264 g/mol. The third-order valence-electron chi connectivity index (χ3n) is 4.09. The average Bonchev–Trinajstić information content (AvgIpc) is 2.75. The van der Waals surface area contributed by atoms with Crippen LogP contribution in [0.25, 0.3) is 0 Å². The molecule has 2 fully saturated rings. The van der Waals surface area contributed by atoms with E-state index in [-0.39, 0.29) is 12.1 Å². The molecule has 1 unspecified atom stereocenters. The smallest absolute Gasteiger partial charge is 0.346 e. The summed E-state index contributed by atoms with van der Waals surface area (Å²) in [7, 11) is 0. The van der Waals surface area contributed by atoms with E-state index in [1.54, 1.807) is 0 Å². The third-order valence-corrected chi connectivity index (χ3v) is 5.18. The van der Waals surface area contributed by atoms with Gasteiger partial charge in [-0.15, -0.1) is 11.8 Å². The fourth-order valence-electron chi connectivity index (χ4n) is 2.97. The number of ether oxygens (including phenoxy) is 2. The molecule has 0 amide bonds. The first-order valence-corrected chi connectivity index (χ1v) is 8.18. The largest absolute Gasteiger partial charge is 0.459 e. The first kappa shape index (κ1) is 15.1. The Balaban J connectivity index is 1.92. The lowest BCUT2D eigenvalue weighted by atomic mass is 9.75. The van der Waals surface area contributed by atoms with E-state index in [1.807, 2.05) is 0 Å². The van der Waals surface area contributed by atoms with Crippen molar-refractivity contribution in [2.75, 3.05) is 5.75 Å². The van der Waals surface area contributed by atoms with E-state index in [9.17, 15) is 9.90 Å². The highest BCUT2D eigenvalue weighted by Gasteiger charge is 2.37. The van der Waals surface area contributed by atoms with E-state index in [2.05, 4.69) is 20.8 Å². The van der Waals surface area contributed by atoms with Gasteiger partial charge in [0.25, 0.3) is 0 Å². The van der Waals surface area contributed by atoms with Gasteiger partial charge in [-0.05, 0) is 30.6 Å². The SMILES string of the molecule is CC(C)[C@@H]1CC[C@@H](C)CC1OC(=O)[C@H]1O[C@@H](O)CS1. The summed E-state index contributed by atoms with van der Waals surface area (Å²) in [5.74, 6) is 1.68. The molecule has 1 aliphatic carbocycles. The molecule has 0 bridgehead atoms. The molecule has 19 heavy (non-hydrogen) atoms. The van der Waals surface area contributed by atoms with Crippen LogP contribution in [0.5, 0.6) is 0 Å². The Bertz CT molecular complexity index is 321. The quantitative estimate of drug-likeness (QED) is 0.808. The van der Waals surface area contributed by atoms with E-state index in [4.69, 9.17) is 9.47 Å². The summed E-state index contributed by atoms with van der Waals surface area (Å²) in [4.78, 5) is 12.1. The molecule has 0 aromatic rings. The Morgan fingerprint density at radius 2 is 2.16 bits per heavy atom. The molecule has 1 N–H and O–H groups in total.